The molecule has 27 heavy (non-hydrogen) atoms. The Labute approximate surface area is 158 Å². The van der Waals surface area contributed by atoms with E-state index in [4.69, 9.17) is 9.84 Å². The van der Waals surface area contributed by atoms with Gasteiger partial charge >= 0.3 is 0 Å². The molecular weight excluding hydrogens is 340 g/mol. The van der Waals surface area contributed by atoms with Gasteiger partial charge in [0.25, 0.3) is 5.91 Å². The van der Waals surface area contributed by atoms with Gasteiger partial charge in [-0.2, -0.15) is 5.10 Å². The number of amides is 1. The van der Waals surface area contributed by atoms with Crippen molar-refractivity contribution in [2.75, 3.05) is 20.2 Å². The van der Waals surface area contributed by atoms with Crippen LogP contribution in [0.3, 0.4) is 0 Å². The van der Waals surface area contributed by atoms with Gasteiger partial charge in [0, 0.05) is 12.1 Å². The first-order chi connectivity index (χ1) is 13.2. The van der Waals surface area contributed by atoms with Crippen LogP contribution in [0.1, 0.15) is 22.2 Å². The standard InChI is InChI=1S/C21H22N4O2/c1-27-17-9-5-8-16(12-17)18-13-19-21(26)23-14-20(25(19)24-18)22-11-10-15-6-3-2-4-7-15/h2-9,12-13,20,22H,10-11,14H2,1H3,(H,23,26). The molecule has 6 heteroatoms. The summed E-state index contributed by atoms with van der Waals surface area (Å²) in [7, 11) is 1.64. The van der Waals surface area contributed by atoms with Crippen molar-refractivity contribution in [3.05, 3.63) is 71.9 Å². The minimum atomic E-state index is -0.0993. The normalized spacial score (nSPS) is 15.9. The molecule has 0 fully saturated rings. The van der Waals surface area contributed by atoms with E-state index in [-0.39, 0.29) is 12.1 Å². The van der Waals surface area contributed by atoms with Crippen molar-refractivity contribution < 1.29 is 9.53 Å². The number of fused-ring (bicyclic) bond motifs is 1. The first-order valence-corrected chi connectivity index (χ1v) is 9.04. The van der Waals surface area contributed by atoms with Crippen LogP contribution in [0, 0.1) is 0 Å². The van der Waals surface area contributed by atoms with Crippen molar-refractivity contribution in [1.82, 2.24) is 20.4 Å². The number of aromatic nitrogens is 2. The molecule has 1 unspecified atom stereocenters. The maximum Gasteiger partial charge on any atom is 0.269 e. The van der Waals surface area contributed by atoms with Crippen LogP contribution in [0.4, 0.5) is 0 Å². The van der Waals surface area contributed by atoms with E-state index in [1.165, 1.54) is 5.56 Å². The summed E-state index contributed by atoms with van der Waals surface area (Å²) < 4.78 is 7.08. The quantitative estimate of drug-likeness (QED) is 0.707. The summed E-state index contributed by atoms with van der Waals surface area (Å²) in [6.45, 7) is 1.32. The Hall–Kier alpha value is -3.12. The Morgan fingerprint density at radius 2 is 2.04 bits per heavy atom. The highest BCUT2D eigenvalue weighted by molar-refractivity contribution is 5.94. The SMILES string of the molecule is COc1cccc(-c2cc3n(n2)C(NCCc2ccccc2)CNC3=O)c1. The molecule has 0 spiro atoms. The highest BCUT2D eigenvalue weighted by Gasteiger charge is 2.27. The lowest BCUT2D eigenvalue weighted by atomic mass is 10.1. The maximum atomic E-state index is 12.3. The zero-order valence-electron chi connectivity index (χ0n) is 15.2. The number of nitrogens with zero attached hydrogens (tertiary/aromatic N) is 2. The third kappa shape index (κ3) is 3.71. The molecule has 3 aromatic rings. The van der Waals surface area contributed by atoms with Gasteiger partial charge in [-0.15, -0.1) is 0 Å². The number of rotatable bonds is 6. The van der Waals surface area contributed by atoms with Crippen LogP contribution in [0.25, 0.3) is 11.3 Å². The van der Waals surface area contributed by atoms with Crippen molar-refractivity contribution in [3.8, 4) is 17.0 Å². The molecule has 1 atom stereocenters. The van der Waals surface area contributed by atoms with Crippen LogP contribution in [0.2, 0.25) is 0 Å². The molecule has 6 nitrogen and oxygen atoms in total. The van der Waals surface area contributed by atoms with Crippen LogP contribution < -0.4 is 15.4 Å². The van der Waals surface area contributed by atoms with Crippen molar-refractivity contribution in [2.45, 2.75) is 12.6 Å². The van der Waals surface area contributed by atoms with Crippen LogP contribution >= 0.6 is 0 Å². The molecule has 2 heterocycles. The molecule has 0 radical (unpaired) electrons. The van der Waals surface area contributed by atoms with Gasteiger partial charge < -0.3 is 10.1 Å². The molecule has 4 rings (SSSR count). The van der Waals surface area contributed by atoms with Gasteiger partial charge in [-0.1, -0.05) is 42.5 Å². The number of hydrogen-bond donors (Lipinski definition) is 2. The molecule has 0 aliphatic carbocycles. The van der Waals surface area contributed by atoms with Crippen molar-refractivity contribution in [3.63, 3.8) is 0 Å². The van der Waals surface area contributed by atoms with Gasteiger partial charge in [0.05, 0.1) is 19.3 Å². The summed E-state index contributed by atoms with van der Waals surface area (Å²) in [6, 6.07) is 19.9. The van der Waals surface area contributed by atoms with E-state index in [2.05, 4.69) is 22.8 Å². The van der Waals surface area contributed by atoms with E-state index >= 15 is 0 Å². The van der Waals surface area contributed by atoms with Crippen molar-refractivity contribution >= 4 is 5.91 Å². The van der Waals surface area contributed by atoms with Gasteiger partial charge in [0.2, 0.25) is 0 Å². The number of benzene rings is 2. The summed E-state index contributed by atoms with van der Waals surface area (Å²) in [4.78, 5) is 12.3. The Kier molecular flexibility index (Phi) is 4.89. The van der Waals surface area contributed by atoms with E-state index < -0.39 is 0 Å². The molecule has 1 aromatic heterocycles. The first kappa shape index (κ1) is 17.3. The lowest BCUT2D eigenvalue weighted by Gasteiger charge is -2.25. The predicted octanol–water partition coefficient (Wildman–Crippen LogP) is 2.63. The third-order valence-corrected chi connectivity index (χ3v) is 4.72. The molecule has 1 amide bonds. The van der Waals surface area contributed by atoms with Crippen molar-refractivity contribution in [2.24, 2.45) is 0 Å². The Morgan fingerprint density at radius 1 is 1.19 bits per heavy atom. The monoisotopic (exact) mass is 362 g/mol. The number of nitrogens with one attached hydrogen (secondary N) is 2. The van der Waals surface area contributed by atoms with Gasteiger partial charge in [-0.3, -0.25) is 10.1 Å². The molecule has 1 aliphatic rings. The summed E-state index contributed by atoms with van der Waals surface area (Å²) >= 11 is 0. The highest BCUT2D eigenvalue weighted by Crippen LogP contribution is 2.25. The molecule has 0 saturated carbocycles. The average molecular weight is 362 g/mol. The number of carbonyl (C=O) groups is 1. The molecule has 138 valence electrons. The fourth-order valence-corrected chi connectivity index (χ4v) is 3.28. The number of ether oxygens (including phenoxy) is 1. The summed E-state index contributed by atoms with van der Waals surface area (Å²) in [6.07, 6.45) is 0.853. The Bertz CT molecular complexity index is 936. The molecule has 2 aromatic carbocycles. The largest absolute Gasteiger partial charge is 0.497 e. The van der Waals surface area contributed by atoms with Gasteiger partial charge in [0.1, 0.15) is 17.6 Å². The average Bonchev–Trinajstić information content (AvgIpc) is 3.17. The Morgan fingerprint density at radius 3 is 2.85 bits per heavy atom. The van der Waals surface area contributed by atoms with E-state index in [1.807, 2.05) is 48.5 Å². The van der Waals surface area contributed by atoms with Gasteiger partial charge in [-0.25, -0.2) is 4.68 Å². The number of methoxy groups -OCH3 is 1. The summed E-state index contributed by atoms with van der Waals surface area (Å²) in [5.74, 6) is 0.665. The Balaban J connectivity index is 1.53. The topological polar surface area (TPSA) is 68.2 Å². The predicted molar refractivity (Wildman–Crippen MR) is 104 cm³/mol. The summed E-state index contributed by atoms with van der Waals surface area (Å²) in [5, 5.41) is 11.1. The minimum Gasteiger partial charge on any atom is -0.497 e. The van der Waals surface area contributed by atoms with Gasteiger partial charge in [-0.05, 0) is 30.2 Å². The zero-order chi connectivity index (χ0) is 18.6. The van der Waals surface area contributed by atoms with Gasteiger partial charge in [0.15, 0.2) is 0 Å². The molecule has 1 aliphatic heterocycles. The lowest BCUT2D eigenvalue weighted by molar-refractivity contribution is 0.0901. The fraction of sp³-hybridized carbons (Fsp3) is 0.238. The van der Waals surface area contributed by atoms with Crippen molar-refractivity contribution in [1.29, 1.82) is 0 Å². The highest BCUT2D eigenvalue weighted by atomic mass is 16.5. The summed E-state index contributed by atoms with van der Waals surface area (Å²) in [5.41, 5.74) is 3.53. The molecule has 0 bridgehead atoms. The van der Waals surface area contributed by atoms with Crippen LogP contribution in [-0.2, 0) is 6.42 Å². The fourth-order valence-electron chi connectivity index (χ4n) is 3.28. The van der Waals surface area contributed by atoms with E-state index in [0.29, 0.717) is 12.2 Å². The second kappa shape index (κ2) is 7.63. The molecule has 2 N–H and O–H groups in total. The smallest absolute Gasteiger partial charge is 0.269 e. The number of carbonyl (C=O) groups excluding carboxylic acids is 1. The zero-order valence-corrected chi connectivity index (χ0v) is 15.2. The van der Waals surface area contributed by atoms with E-state index in [9.17, 15) is 4.79 Å². The third-order valence-electron chi connectivity index (χ3n) is 4.72. The molecule has 0 saturated heterocycles. The van der Waals surface area contributed by atoms with Crippen LogP contribution in [0.15, 0.2) is 60.7 Å². The maximum absolute atomic E-state index is 12.3. The first-order valence-electron chi connectivity index (χ1n) is 9.04. The van der Waals surface area contributed by atoms with E-state index in [1.54, 1.807) is 11.8 Å². The lowest BCUT2D eigenvalue weighted by Crippen LogP contribution is -2.45. The minimum absolute atomic E-state index is 0.0687. The van der Waals surface area contributed by atoms with E-state index in [0.717, 1.165) is 30.0 Å². The second-order valence-electron chi connectivity index (χ2n) is 6.51. The second-order valence-corrected chi connectivity index (χ2v) is 6.51. The number of hydrogen-bond acceptors (Lipinski definition) is 4. The molecular formula is C21H22N4O2. The van der Waals surface area contributed by atoms with Crippen LogP contribution in [0.5, 0.6) is 5.75 Å². The van der Waals surface area contributed by atoms with Crippen LogP contribution in [-0.4, -0.2) is 35.9 Å².